The van der Waals surface area contributed by atoms with E-state index in [-0.39, 0.29) is 10.9 Å². The summed E-state index contributed by atoms with van der Waals surface area (Å²) in [6.45, 7) is -0.357. The number of carboxylic acids is 1. The summed E-state index contributed by atoms with van der Waals surface area (Å²) >= 11 is 0. The second-order valence-corrected chi connectivity index (χ2v) is 5.53. The van der Waals surface area contributed by atoms with Gasteiger partial charge >= 0.3 is 5.97 Å². The number of nitrogens with one attached hydrogen (secondary N) is 1. The van der Waals surface area contributed by atoms with Crippen molar-refractivity contribution in [2.45, 2.75) is 12.8 Å². The molecular formula is C15H15N3O6. The van der Waals surface area contributed by atoms with Crippen LogP contribution in [0.15, 0.2) is 23.3 Å². The van der Waals surface area contributed by atoms with Crippen LogP contribution < -0.4 is 15.7 Å². The SMILES string of the molecule is O=C(O)CNC(=O)c1c(O)c2cnccc2n(OCC2CC2)c1=O. The maximum atomic E-state index is 12.6. The summed E-state index contributed by atoms with van der Waals surface area (Å²) in [6, 6.07) is 1.49. The Hall–Kier alpha value is -3.10. The van der Waals surface area contributed by atoms with Crippen molar-refractivity contribution in [2.75, 3.05) is 13.2 Å². The number of aliphatic carboxylic acids is 1. The lowest BCUT2D eigenvalue weighted by molar-refractivity contribution is -0.135. The minimum atomic E-state index is -1.27. The first kappa shape index (κ1) is 15.8. The van der Waals surface area contributed by atoms with E-state index in [0.717, 1.165) is 17.6 Å². The molecule has 9 heteroatoms. The van der Waals surface area contributed by atoms with Gasteiger partial charge < -0.3 is 20.4 Å². The molecule has 3 rings (SSSR count). The molecule has 126 valence electrons. The van der Waals surface area contributed by atoms with E-state index in [1.807, 2.05) is 0 Å². The molecule has 3 N–H and O–H groups in total. The third-order valence-corrected chi connectivity index (χ3v) is 3.67. The summed E-state index contributed by atoms with van der Waals surface area (Å²) in [7, 11) is 0. The Morgan fingerprint density at radius 1 is 1.42 bits per heavy atom. The highest BCUT2D eigenvalue weighted by atomic mass is 16.7. The lowest BCUT2D eigenvalue weighted by Gasteiger charge is -2.14. The zero-order valence-electron chi connectivity index (χ0n) is 12.6. The molecular weight excluding hydrogens is 318 g/mol. The molecule has 1 aliphatic carbocycles. The molecule has 1 saturated carbocycles. The summed E-state index contributed by atoms with van der Waals surface area (Å²) in [4.78, 5) is 44.6. The number of aromatic nitrogens is 2. The number of rotatable bonds is 6. The van der Waals surface area contributed by atoms with Gasteiger partial charge in [-0.15, -0.1) is 4.73 Å². The number of carbonyl (C=O) groups excluding carboxylic acids is 1. The zero-order valence-corrected chi connectivity index (χ0v) is 12.6. The van der Waals surface area contributed by atoms with Crippen LogP contribution in [0.3, 0.4) is 0 Å². The normalized spacial score (nSPS) is 13.7. The first-order valence-electron chi connectivity index (χ1n) is 7.34. The third kappa shape index (κ3) is 3.00. The predicted octanol–water partition coefficient (Wildman–Crippen LogP) is -0.245. The molecule has 0 radical (unpaired) electrons. The molecule has 2 aromatic rings. The maximum absolute atomic E-state index is 12.6. The molecule has 1 aliphatic rings. The van der Waals surface area contributed by atoms with E-state index < -0.39 is 35.3 Å². The summed E-state index contributed by atoms with van der Waals surface area (Å²) in [5, 5.41) is 21.1. The second-order valence-electron chi connectivity index (χ2n) is 5.53. The average Bonchev–Trinajstić information content (AvgIpc) is 3.37. The van der Waals surface area contributed by atoms with Crippen LogP contribution >= 0.6 is 0 Å². The number of hydrogen-bond acceptors (Lipinski definition) is 6. The number of amides is 1. The van der Waals surface area contributed by atoms with Gasteiger partial charge in [-0.1, -0.05) is 0 Å². The van der Waals surface area contributed by atoms with Gasteiger partial charge in [0.15, 0.2) is 5.56 Å². The number of carbonyl (C=O) groups is 2. The monoisotopic (exact) mass is 333 g/mol. The maximum Gasteiger partial charge on any atom is 0.322 e. The van der Waals surface area contributed by atoms with E-state index >= 15 is 0 Å². The minimum absolute atomic E-state index is 0.161. The van der Waals surface area contributed by atoms with E-state index in [1.165, 1.54) is 18.5 Å². The molecule has 0 saturated heterocycles. The Bertz CT molecular complexity index is 871. The van der Waals surface area contributed by atoms with E-state index in [0.29, 0.717) is 12.5 Å². The van der Waals surface area contributed by atoms with Crippen molar-refractivity contribution in [3.05, 3.63) is 34.4 Å². The Balaban J connectivity index is 2.08. The van der Waals surface area contributed by atoms with Crippen LogP contribution in [-0.2, 0) is 4.79 Å². The van der Waals surface area contributed by atoms with E-state index in [9.17, 15) is 19.5 Å². The third-order valence-electron chi connectivity index (χ3n) is 3.67. The molecule has 24 heavy (non-hydrogen) atoms. The van der Waals surface area contributed by atoms with E-state index in [4.69, 9.17) is 9.94 Å². The fourth-order valence-electron chi connectivity index (χ4n) is 2.24. The molecule has 2 heterocycles. The van der Waals surface area contributed by atoms with E-state index in [2.05, 4.69) is 10.3 Å². The first-order valence-corrected chi connectivity index (χ1v) is 7.34. The van der Waals surface area contributed by atoms with Gasteiger partial charge in [-0.2, -0.15) is 0 Å². The van der Waals surface area contributed by atoms with Gasteiger partial charge in [0.25, 0.3) is 11.5 Å². The summed E-state index contributed by atoms with van der Waals surface area (Å²) < 4.78 is 0.949. The average molecular weight is 333 g/mol. The van der Waals surface area contributed by atoms with Crippen molar-refractivity contribution >= 4 is 22.8 Å². The highest BCUT2D eigenvalue weighted by Gasteiger charge is 2.26. The molecule has 2 aromatic heterocycles. The largest absolute Gasteiger partial charge is 0.506 e. The zero-order chi connectivity index (χ0) is 17.3. The molecule has 0 spiro atoms. The standard InChI is InChI=1S/C15H15N3O6/c19-11(20)6-17-14(22)12-13(21)9-5-16-4-3-10(9)18(15(12)23)24-7-8-1-2-8/h3-5,8,21H,1-2,6-7H2,(H,17,22)(H,19,20). The van der Waals surface area contributed by atoms with Crippen molar-refractivity contribution < 1.29 is 24.6 Å². The molecule has 1 fully saturated rings. The van der Waals surface area contributed by atoms with Crippen LogP contribution in [0.5, 0.6) is 5.75 Å². The summed E-state index contributed by atoms with van der Waals surface area (Å²) in [6.07, 6.45) is 4.76. The lowest BCUT2D eigenvalue weighted by atomic mass is 10.1. The van der Waals surface area contributed by atoms with E-state index in [1.54, 1.807) is 0 Å². The van der Waals surface area contributed by atoms with Gasteiger partial charge in [0.1, 0.15) is 18.9 Å². The Morgan fingerprint density at radius 2 is 2.17 bits per heavy atom. The Labute approximate surface area is 135 Å². The summed E-state index contributed by atoms with van der Waals surface area (Å²) in [5.74, 6) is -2.45. The molecule has 0 bridgehead atoms. The highest BCUT2D eigenvalue weighted by Crippen LogP contribution is 2.29. The lowest BCUT2D eigenvalue weighted by Crippen LogP contribution is -2.38. The van der Waals surface area contributed by atoms with Crippen molar-refractivity contribution in [1.29, 1.82) is 0 Å². The highest BCUT2D eigenvalue weighted by molar-refractivity contribution is 6.02. The van der Waals surface area contributed by atoms with Gasteiger partial charge in [0, 0.05) is 12.4 Å². The predicted molar refractivity (Wildman–Crippen MR) is 81.8 cm³/mol. The molecule has 0 aliphatic heterocycles. The fourth-order valence-corrected chi connectivity index (χ4v) is 2.24. The number of hydrogen-bond donors (Lipinski definition) is 3. The minimum Gasteiger partial charge on any atom is -0.506 e. The van der Waals surface area contributed by atoms with Gasteiger partial charge in [-0.05, 0) is 24.8 Å². The number of fused-ring (bicyclic) bond motifs is 1. The number of carboxylic acid groups (broad SMARTS) is 1. The van der Waals surface area contributed by atoms with Gasteiger partial charge in [0.05, 0.1) is 10.9 Å². The molecule has 0 atom stereocenters. The number of pyridine rings is 2. The molecule has 1 amide bonds. The van der Waals surface area contributed by atoms with Gasteiger partial charge in [-0.25, -0.2) is 0 Å². The van der Waals surface area contributed by atoms with Crippen LogP contribution in [-0.4, -0.2) is 45.0 Å². The van der Waals surface area contributed by atoms with Crippen LogP contribution in [0.4, 0.5) is 0 Å². The second kappa shape index (κ2) is 6.19. The smallest absolute Gasteiger partial charge is 0.322 e. The first-order chi connectivity index (χ1) is 11.5. The topological polar surface area (TPSA) is 131 Å². The van der Waals surface area contributed by atoms with Crippen molar-refractivity contribution in [1.82, 2.24) is 15.0 Å². The molecule has 0 aromatic carbocycles. The summed E-state index contributed by atoms with van der Waals surface area (Å²) in [5.41, 5.74) is -1.15. The molecule has 0 unspecified atom stereocenters. The number of aromatic hydroxyl groups is 1. The number of nitrogens with zero attached hydrogens (tertiary/aromatic N) is 2. The molecule has 9 nitrogen and oxygen atoms in total. The van der Waals surface area contributed by atoms with Gasteiger partial charge in [0.2, 0.25) is 0 Å². The van der Waals surface area contributed by atoms with Crippen LogP contribution in [0.25, 0.3) is 10.9 Å². The van der Waals surface area contributed by atoms with Crippen molar-refractivity contribution in [2.24, 2.45) is 5.92 Å². The van der Waals surface area contributed by atoms with Crippen molar-refractivity contribution in [3.8, 4) is 5.75 Å². The van der Waals surface area contributed by atoms with Crippen LogP contribution in [0.1, 0.15) is 23.2 Å². The fraction of sp³-hybridized carbons (Fsp3) is 0.333. The van der Waals surface area contributed by atoms with Crippen molar-refractivity contribution in [3.63, 3.8) is 0 Å². The van der Waals surface area contributed by atoms with Crippen LogP contribution in [0.2, 0.25) is 0 Å². The Kier molecular flexibility index (Phi) is 4.07. The Morgan fingerprint density at radius 3 is 2.83 bits per heavy atom. The van der Waals surface area contributed by atoms with Crippen LogP contribution in [0, 0.1) is 5.92 Å². The van der Waals surface area contributed by atoms with Gasteiger partial charge in [-0.3, -0.25) is 19.4 Å². The quantitative estimate of drug-likeness (QED) is 0.664.